The zero-order valence-electron chi connectivity index (χ0n) is 9.28. The Morgan fingerprint density at radius 1 is 1.53 bits per heavy atom. The summed E-state index contributed by atoms with van der Waals surface area (Å²) in [6, 6.07) is 0.353. The number of rotatable bonds is 4. The molecule has 15 heavy (non-hydrogen) atoms. The van der Waals surface area contributed by atoms with Gasteiger partial charge in [-0.2, -0.15) is 0 Å². The van der Waals surface area contributed by atoms with Crippen LogP contribution in [-0.4, -0.2) is 35.1 Å². The van der Waals surface area contributed by atoms with Crippen molar-refractivity contribution in [3.63, 3.8) is 0 Å². The molecule has 0 aromatic heterocycles. The largest absolute Gasteiger partial charge is 0.480 e. The summed E-state index contributed by atoms with van der Waals surface area (Å²) in [5.74, 6) is 2.33. The third-order valence-corrected chi connectivity index (χ3v) is 3.17. The summed E-state index contributed by atoms with van der Waals surface area (Å²) in [7, 11) is 0. The molecule has 1 N–H and O–H groups in total. The molecule has 84 valence electrons. The molecule has 0 aliphatic heterocycles. The average molecular weight is 209 g/mol. The van der Waals surface area contributed by atoms with Crippen LogP contribution in [0.4, 0.5) is 0 Å². The summed E-state index contributed by atoms with van der Waals surface area (Å²) < 4.78 is 0. The lowest BCUT2D eigenvalue weighted by atomic mass is 9.85. The number of carbonyl (C=O) groups is 1. The van der Waals surface area contributed by atoms with Crippen LogP contribution in [0.5, 0.6) is 0 Å². The summed E-state index contributed by atoms with van der Waals surface area (Å²) >= 11 is 0. The molecule has 3 nitrogen and oxygen atoms in total. The lowest BCUT2D eigenvalue weighted by Gasteiger charge is -2.36. The van der Waals surface area contributed by atoms with E-state index in [9.17, 15) is 4.79 Å². The van der Waals surface area contributed by atoms with Crippen LogP contribution in [0.25, 0.3) is 0 Å². The fraction of sp³-hybridized carbons (Fsp3) is 0.750. The topological polar surface area (TPSA) is 40.5 Å². The Kier molecular flexibility index (Phi) is 4.64. The lowest BCUT2D eigenvalue weighted by molar-refractivity contribution is -0.139. The molecule has 1 rings (SSSR count). The van der Waals surface area contributed by atoms with Crippen molar-refractivity contribution in [1.82, 2.24) is 4.90 Å². The van der Waals surface area contributed by atoms with Gasteiger partial charge in [-0.05, 0) is 18.8 Å². The zero-order valence-corrected chi connectivity index (χ0v) is 9.28. The van der Waals surface area contributed by atoms with Gasteiger partial charge in [0.1, 0.15) is 0 Å². The Morgan fingerprint density at radius 3 is 2.73 bits per heavy atom. The molecule has 2 atom stereocenters. The van der Waals surface area contributed by atoms with Crippen molar-refractivity contribution in [2.24, 2.45) is 5.92 Å². The normalized spacial score (nSPS) is 26.2. The third kappa shape index (κ3) is 3.56. The maximum Gasteiger partial charge on any atom is 0.317 e. The molecular formula is C12H19NO2. The Hall–Kier alpha value is -1.01. The van der Waals surface area contributed by atoms with Gasteiger partial charge in [0.2, 0.25) is 0 Å². The van der Waals surface area contributed by atoms with Crippen molar-refractivity contribution in [1.29, 1.82) is 0 Å². The van der Waals surface area contributed by atoms with E-state index in [2.05, 4.69) is 12.8 Å². The molecule has 0 amide bonds. The number of nitrogens with zero attached hydrogens (tertiary/aromatic N) is 1. The van der Waals surface area contributed by atoms with Crippen LogP contribution in [-0.2, 0) is 4.79 Å². The molecule has 3 heteroatoms. The summed E-state index contributed by atoms with van der Waals surface area (Å²) in [6.07, 6.45) is 9.99. The molecule has 1 aliphatic carbocycles. The number of carboxylic acid groups (broad SMARTS) is 1. The minimum Gasteiger partial charge on any atom is -0.480 e. The fourth-order valence-electron chi connectivity index (χ4n) is 2.42. The highest BCUT2D eigenvalue weighted by Gasteiger charge is 2.27. The van der Waals surface area contributed by atoms with Gasteiger partial charge in [0.25, 0.3) is 0 Å². The summed E-state index contributed by atoms with van der Waals surface area (Å²) in [4.78, 5) is 12.6. The number of carboxylic acids is 1. The first-order chi connectivity index (χ1) is 7.15. The van der Waals surface area contributed by atoms with Crippen LogP contribution in [0.2, 0.25) is 0 Å². The van der Waals surface area contributed by atoms with E-state index in [4.69, 9.17) is 11.5 Å². The number of aliphatic carboxylic acids is 1. The highest BCUT2D eigenvalue weighted by atomic mass is 16.4. The first-order valence-electron chi connectivity index (χ1n) is 5.54. The standard InChI is InChI=1S/C12H19NO2/c1-3-8-13(9-12(14)15)11-7-5-4-6-10(11)2/h1,10-11H,4-9H2,2H3,(H,14,15). The number of terminal acetylenes is 1. The van der Waals surface area contributed by atoms with E-state index in [-0.39, 0.29) is 6.54 Å². The average Bonchev–Trinajstić information content (AvgIpc) is 2.17. The zero-order chi connectivity index (χ0) is 11.3. The summed E-state index contributed by atoms with van der Waals surface area (Å²) in [5, 5.41) is 8.82. The van der Waals surface area contributed by atoms with Crippen LogP contribution in [0, 0.1) is 18.3 Å². The van der Waals surface area contributed by atoms with Gasteiger partial charge in [-0.15, -0.1) is 6.42 Å². The Bertz CT molecular complexity index is 257. The van der Waals surface area contributed by atoms with Crippen molar-refractivity contribution in [2.75, 3.05) is 13.1 Å². The van der Waals surface area contributed by atoms with Gasteiger partial charge in [0.15, 0.2) is 0 Å². The molecule has 0 radical (unpaired) electrons. The Morgan fingerprint density at radius 2 is 2.20 bits per heavy atom. The maximum absolute atomic E-state index is 10.7. The minimum absolute atomic E-state index is 0.0687. The van der Waals surface area contributed by atoms with E-state index in [1.54, 1.807) is 0 Å². The highest BCUT2D eigenvalue weighted by Crippen LogP contribution is 2.27. The number of hydrogen-bond donors (Lipinski definition) is 1. The minimum atomic E-state index is -0.789. The molecule has 1 saturated carbocycles. The van der Waals surface area contributed by atoms with Crippen molar-refractivity contribution in [2.45, 2.75) is 38.6 Å². The van der Waals surface area contributed by atoms with E-state index < -0.39 is 5.97 Å². The second-order valence-electron chi connectivity index (χ2n) is 4.33. The molecule has 0 heterocycles. The van der Waals surface area contributed by atoms with Gasteiger partial charge >= 0.3 is 5.97 Å². The maximum atomic E-state index is 10.7. The Balaban J connectivity index is 2.60. The molecule has 0 saturated heterocycles. The Labute approximate surface area is 91.5 Å². The van der Waals surface area contributed by atoms with Gasteiger partial charge in [-0.25, -0.2) is 0 Å². The van der Waals surface area contributed by atoms with E-state index in [1.807, 2.05) is 4.90 Å². The van der Waals surface area contributed by atoms with Gasteiger partial charge in [0.05, 0.1) is 13.1 Å². The van der Waals surface area contributed by atoms with Gasteiger partial charge in [-0.3, -0.25) is 9.69 Å². The van der Waals surface area contributed by atoms with E-state index in [1.165, 1.54) is 19.3 Å². The SMILES string of the molecule is C#CCN(CC(=O)O)C1CCCCC1C. The molecule has 0 aromatic carbocycles. The van der Waals surface area contributed by atoms with Crippen LogP contribution in [0.15, 0.2) is 0 Å². The molecular weight excluding hydrogens is 190 g/mol. The van der Waals surface area contributed by atoms with Crippen molar-refractivity contribution in [3.8, 4) is 12.3 Å². The van der Waals surface area contributed by atoms with Crippen molar-refractivity contribution < 1.29 is 9.90 Å². The smallest absolute Gasteiger partial charge is 0.317 e. The summed E-state index contributed by atoms with van der Waals surface area (Å²) in [6.45, 7) is 2.70. The molecule has 0 bridgehead atoms. The second kappa shape index (κ2) is 5.77. The van der Waals surface area contributed by atoms with E-state index in [0.29, 0.717) is 18.5 Å². The van der Waals surface area contributed by atoms with Crippen molar-refractivity contribution >= 4 is 5.97 Å². The molecule has 1 fully saturated rings. The second-order valence-corrected chi connectivity index (χ2v) is 4.33. The van der Waals surface area contributed by atoms with Crippen LogP contribution < -0.4 is 0 Å². The van der Waals surface area contributed by atoms with Crippen LogP contribution in [0.3, 0.4) is 0 Å². The molecule has 0 aromatic rings. The first-order valence-corrected chi connectivity index (χ1v) is 5.54. The van der Waals surface area contributed by atoms with Crippen molar-refractivity contribution in [3.05, 3.63) is 0 Å². The van der Waals surface area contributed by atoms with E-state index in [0.717, 1.165) is 6.42 Å². The third-order valence-electron chi connectivity index (χ3n) is 3.17. The van der Waals surface area contributed by atoms with Crippen LogP contribution in [0.1, 0.15) is 32.6 Å². The monoisotopic (exact) mass is 209 g/mol. The molecule has 1 aliphatic rings. The summed E-state index contributed by atoms with van der Waals surface area (Å²) in [5.41, 5.74) is 0. The van der Waals surface area contributed by atoms with Gasteiger partial charge < -0.3 is 5.11 Å². The predicted octanol–water partition coefficient (Wildman–Crippen LogP) is 1.58. The quantitative estimate of drug-likeness (QED) is 0.715. The van der Waals surface area contributed by atoms with E-state index >= 15 is 0 Å². The van der Waals surface area contributed by atoms with Gasteiger partial charge in [-0.1, -0.05) is 25.7 Å². The van der Waals surface area contributed by atoms with Crippen LogP contribution >= 0.6 is 0 Å². The molecule has 2 unspecified atom stereocenters. The van der Waals surface area contributed by atoms with Gasteiger partial charge in [0, 0.05) is 6.04 Å². The lowest BCUT2D eigenvalue weighted by Crippen LogP contribution is -2.44. The highest BCUT2D eigenvalue weighted by molar-refractivity contribution is 5.69. The first kappa shape index (κ1) is 12.1. The number of hydrogen-bond acceptors (Lipinski definition) is 2. The fourth-order valence-corrected chi connectivity index (χ4v) is 2.42. The predicted molar refractivity (Wildman–Crippen MR) is 59.5 cm³/mol. The molecule has 0 spiro atoms.